The number of hydrogen-bond acceptors (Lipinski definition) is 15. The molecule has 1 aliphatic carbocycles. The van der Waals surface area contributed by atoms with E-state index in [0.29, 0.717) is 62.5 Å². The van der Waals surface area contributed by atoms with Gasteiger partial charge in [0, 0.05) is 58.5 Å². The van der Waals surface area contributed by atoms with Crippen molar-refractivity contribution in [3.8, 4) is 0 Å². The molecule has 76 heavy (non-hydrogen) atoms. The number of ketones is 2. The number of allylic oxidation sites excluding steroid dienone is 3. The normalized spacial score (nSPS) is 34.1. The molecule has 424 valence electrons. The van der Waals surface area contributed by atoms with Crippen LogP contribution >= 0.6 is 0 Å². The van der Waals surface area contributed by atoms with E-state index >= 15 is 0 Å². The van der Waals surface area contributed by atoms with Crippen LogP contribution in [0.25, 0.3) is 0 Å². The molecule has 0 aromatic heterocycles. The minimum atomic E-state index is -2.56. The number of carboxylic acids is 1. The number of aliphatic hydroxyl groups excluding tert-OH is 1. The third kappa shape index (κ3) is 15.6. The van der Waals surface area contributed by atoms with Crippen molar-refractivity contribution in [1.29, 1.82) is 0 Å². The lowest BCUT2D eigenvalue weighted by Crippen LogP contribution is -2.64. The zero-order valence-electron chi connectivity index (χ0n) is 46.4. The molecule has 14 unspecified atom stereocenters. The van der Waals surface area contributed by atoms with Gasteiger partial charge in [-0.2, -0.15) is 0 Å². The van der Waals surface area contributed by atoms with Gasteiger partial charge in [-0.3, -0.25) is 19.2 Å². The van der Waals surface area contributed by atoms with Crippen molar-refractivity contribution in [3.05, 3.63) is 59.2 Å². The fourth-order valence-electron chi connectivity index (χ4n) is 11.4. The first-order valence-electron chi connectivity index (χ1n) is 27.1. The second-order valence-corrected chi connectivity index (χ2v) is 22.3. The molecule has 1 aromatic carbocycles. The molecule has 3 aliphatic heterocycles. The first-order chi connectivity index (χ1) is 35.9. The first kappa shape index (κ1) is 61.8. The first-order valence-corrected chi connectivity index (χ1v) is 27.1. The van der Waals surface area contributed by atoms with Crippen molar-refractivity contribution < 1.29 is 77.3 Å². The predicted molar refractivity (Wildman–Crippen MR) is 279 cm³/mol. The molecular weight excluding hydrogens is 983 g/mol. The van der Waals surface area contributed by atoms with Crippen molar-refractivity contribution in [2.24, 2.45) is 29.6 Å². The van der Waals surface area contributed by atoms with E-state index in [4.69, 9.17) is 28.4 Å². The van der Waals surface area contributed by atoms with E-state index in [9.17, 15) is 48.9 Å². The summed E-state index contributed by atoms with van der Waals surface area (Å²) in [5, 5.41) is 39.2. The highest BCUT2D eigenvalue weighted by Crippen LogP contribution is 2.39. The fourth-order valence-corrected chi connectivity index (χ4v) is 11.4. The van der Waals surface area contributed by atoms with Crippen LogP contribution in [0.3, 0.4) is 0 Å². The molecule has 3 fully saturated rings. The van der Waals surface area contributed by atoms with Crippen molar-refractivity contribution in [3.63, 3.8) is 0 Å². The number of cyclic esters (lactones) is 1. The number of hydrogen-bond donors (Lipinski definition) is 5. The smallest absolute Gasteiger partial charge is 0.408 e. The van der Waals surface area contributed by atoms with Gasteiger partial charge in [0.25, 0.3) is 17.6 Å². The maximum absolute atomic E-state index is 14.6. The van der Waals surface area contributed by atoms with Crippen molar-refractivity contribution in [2.45, 2.75) is 199 Å². The summed E-state index contributed by atoms with van der Waals surface area (Å²) in [6.07, 6.45) is 1.68. The van der Waals surface area contributed by atoms with Crippen LogP contribution < -0.4 is 10.6 Å². The number of aliphatic hydroxyl groups is 2. The number of ether oxygens (including phenoxy) is 6. The number of amides is 3. The summed E-state index contributed by atoms with van der Waals surface area (Å²) in [6, 6.07) is 5.72. The van der Waals surface area contributed by atoms with Gasteiger partial charge in [-0.1, -0.05) is 75.8 Å². The Labute approximate surface area is 448 Å². The van der Waals surface area contributed by atoms with E-state index in [1.807, 2.05) is 32.9 Å². The number of esters is 1. The van der Waals surface area contributed by atoms with Gasteiger partial charge in [0.15, 0.2) is 5.60 Å². The summed E-state index contributed by atoms with van der Waals surface area (Å²) >= 11 is 0. The predicted octanol–water partition coefficient (Wildman–Crippen LogP) is 5.80. The van der Waals surface area contributed by atoms with Crippen molar-refractivity contribution in [1.82, 2.24) is 15.5 Å². The van der Waals surface area contributed by atoms with Crippen LogP contribution in [0.4, 0.5) is 4.79 Å². The summed E-state index contributed by atoms with van der Waals surface area (Å²) < 4.78 is 35.8. The standard InChI is InChI=1S/C57H85N3O16/c1-12-39-25-32(2)24-33(3)26-46(72-10)49-47(73-11)28-35(5)57(70,75-49)50(63)51(64)60-23-17-16-20-42(60)53(67)74-48(36(6)43(61)31-44(39)62)34(4)27-38-21-22-40(45(30-38)71-9)58-54(68)56(7,8)76-55(69)59-41(52(65)66)29-37-18-14-13-15-19-37/h13-15,18-19,25,27,33,35-36,38-43,45-49,61,70H,12,16-17,20-24,26,28-31H2,1-11H3,(H,58,68)(H,59,69)(H,65,66)/b32-25+,34-27?/t33?,35?,36?,38?,39?,40?,41-,42?,43?,45?,46?,47?,48?,49?,57?/m1/s1. The highest BCUT2D eigenvalue weighted by molar-refractivity contribution is 6.39. The van der Waals surface area contributed by atoms with E-state index in [1.54, 1.807) is 51.1 Å². The summed E-state index contributed by atoms with van der Waals surface area (Å²) in [5.41, 5.74) is 0.487. The van der Waals surface area contributed by atoms with Crippen LogP contribution in [0.5, 0.6) is 0 Å². The van der Waals surface area contributed by atoms with Gasteiger partial charge >= 0.3 is 18.0 Å². The molecule has 4 aliphatic rings. The monoisotopic (exact) mass is 1070 g/mol. The van der Waals surface area contributed by atoms with Gasteiger partial charge in [0.2, 0.25) is 5.79 Å². The molecule has 1 aromatic rings. The van der Waals surface area contributed by atoms with E-state index in [0.717, 1.165) is 10.5 Å². The van der Waals surface area contributed by atoms with Crippen LogP contribution in [-0.4, -0.2) is 156 Å². The lowest BCUT2D eigenvalue weighted by molar-refractivity contribution is -0.302. The molecule has 2 saturated heterocycles. The Kier molecular flexibility index (Phi) is 22.4. The van der Waals surface area contributed by atoms with Gasteiger partial charge in [0.05, 0.1) is 30.5 Å². The van der Waals surface area contributed by atoms with Gasteiger partial charge in [-0.05, 0) is 115 Å². The number of carbonyl (C=O) groups is 7. The van der Waals surface area contributed by atoms with E-state index < -0.39 is 120 Å². The maximum atomic E-state index is 14.6. The Morgan fingerprint density at radius 2 is 1.58 bits per heavy atom. The van der Waals surface area contributed by atoms with Gasteiger partial charge in [-0.15, -0.1) is 0 Å². The lowest BCUT2D eigenvalue weighted by atomic mass is 9.80. The number of aliphatic carboxylic acids is 1. The molecule has 15 atom stereocenters. The SMILES string of the molecule is CCC1/C=C(\C)CC(C)CC(OC)C2OC(O)(C(=O)C(=O)N3CCCCC3C(=O)OC(C(C)=CC3CCC(NC(=O)C(C)(C)OC(=O)N[C@H](Cc4ccccc4)C(=O)O)C(OC)C3)C(C)C(O)CC1=O)C(C)CC2OC. The highest BCUT2D eigenvalue weighted by Gasteiger charge is 2.57. The highest BCUT2D eigenvalue weighted by atomic mass is 16.7. The van der Waals surface area contributed by atoms with Crippen LogP contribution in [0.15, 0.2) is 53.6 Å². The molecule has 0 radical (unpaired) electrons. The summed E-state index contributed by atoms with van der Waals surface area (Å²) in [6.45, 7) is 13.8. The molecule has 5 rings (SSSR count). The Morgan fingerprint density at radius 1 is 0.921 bits per heavy atom. The minimum absolute atomic E-state index is 0.000697. The van der Waals surface area contributed by atoms with Crippen LogP contribution in [0, 0.1) is 29.6 Å². The largest absolute Gasteiger partial charge is 0.480 e. The summed E-state index contributed by atoms with van der Waals surface area (Å²) in [7, 11) is 4.54. The van der Waals surface area contributed by atoms with Crippen molar-refractivity contribution >= 4 is 41.4 Å². The number of carboxylic acid groups (broad SMARTS) is 1. The molecule has 1 saturated carbocycles. The summed E-state index contributed by atoms with van der Waals surface area (Å²) in [4.78, 5) is 97.3. The van der Waals surface area contributed by atoms with Crippen LogP contribution in [-0.2, 0) is 63.6 Å². The molecule has 3 heterocycles. The topological polar surface area (TPSA) is 263 Å². The van der Waals surface area contributed by atoms with E-state index in [2.05, 4.69) is 10.6 Å². The zero-order valence-corrected chi connectivity index (χ0v) is 46.4. The number of nitrogens with one attached hydrogen (secondary N) is 2. The van der Waals surface area contributed by atoms with Crippen LogP contribution in [0.1, 0.15) is 132 Å². The average molecular weight is 1070 g/mol. The number of piperidine rings is 1. The number of benzene rings is 1. The van der Waals surface area contributed by atoms with E-state index in [1.165, 1.54) is 35.2 Å². The summed E-state index contributed by atoms with van der Waals surface area (Å²) in [5.74, 6) is -10.2. The van der Waals surface area contributed by atoms with Crippen LogP contribution in [0.2, 0.25) is 0 Å². The Bertz CT molecular complexity index is 2250. The number of nitrogens with zero attached hydrogens (tertiary/aromatic N) is 1. The number of fused-ring (bicyclic) bond motifs is 3. The average Bonchev–Trinajstić information content (AvgIpc) is 3.38. The second kappa shape index (κ2) is 27.5. The molecule has 19 heteroatoms. The van der Waals surface area contributed by atoms with Gasteiger partial charge in [-0.25, -0.2) is 14.4 Å². The number of methoxy groups -OCH3 is 3. The van der Waals surface area contributed by atoms with Crippen molar-refractivity contribution in [2.75, 3.05) is 27.9 Å². The number of carbonyl (C=O) groups excluding carboxylic acids is 6. The third-order valence-corrected chi connectivity index (χ3v) is 16.0. The lowest BCUT2D eigenvalue weighted by Gasteiger charge is -2.47. The number of Topliss-reactive ketones (excluding diaryl/α,β-unsaturated/α-hetero) is 2. The maximum Gasteiger partial charge on any atom is 0.408 e. The number of rotatable bonds is 13. The molecule has 19 nitrogen and oxygen atoms in total. The molecule has 3 amide bonds. The Morgan fingerprint density at radius 3 is 2.21 bits per heavy atom. The van der Waals surface area contributed by atoms with E-state index in [-0.39, 0.29) is 49.8 Å². The molecule has 2 bridgehead atoms. The molecular formula is C57H85N3O16. The fraction of sp³-hybridized carbons (Fsp3) is 0.702. The van der Waals surface area contributed by atoms with Gasteiger partial charge in [0.1, 0.15) is 30.1 Å². The molecule has 0 spiro atoms. The molecule has 5 N–H and O–H groups in total. The Balaban J connectivity index is 1.39. The quantitative estimate of drug-likeness (QED) is 0.0888. The third-order valence-electron chi connectivity index (χ3n) is 16.0. The van der Waals surface area contributed by atoms with Gasteiger partial charge < -0.3 is 59.3 Å². The minimum Gasteiger partial charge on any atom is -0.480 e. The Hall–Kier alpha value is -5.05. The second-order valence-electron chi connectivity index (χ2n) is 22.3. The number of alkyl carbamates (subject to hydrolysis) is 1. The zero-order chi connectivity index (χ0) is 56.2.